The highest BCUT2D eigenvalue weighted by molar-refractivity contribution is 6.30. The molecule has 16 heavy (non-hydrogen) atoms. The average Bonchev–Trinajstić information content (AvgIpc) is 2.25. The van der Waals surface area contributed by atoms with E-state index in [-0.39, 0.29) is 0 Å². The molecule has 0 amide bonds. The molecule has 0 bridgehead atoms. The predicted octanol–water partition coefficient (Wildman–Crippen LogP) is 2.56. The Bertz CT molecular complexity index is 362. The van der Waals surface area contributed by atoms with Crippen molar-refractivity contribution in [3.05, 3.63) is 29.3 Å². The first-order chi connectivity index (χ1) is 7.72. The molecular formula is C12H15ClN2O. The standard InChI is InChI=1S/C12H15ClN2O/c1-15(8-6-14)7-3-9-16-12-5-2-4-11(13)10-12/h2,4-5,10H,3,7-9H2,1H3. The number of nitrogens with zero attached hydrogens (tertiary/aromatic N) is 2. The van der Waals surface area contributed by atoms with Gasteiger partial charge in [0, 0.05) is 11.6 Å². The Balaban J connectivity index is 2.19. The first kappa shape index (κ1) is 12.8. The molecule has 0 aliphatic heterocycles. The molecule has 0 aromatic heterocycles. The van der Waals surface area contributed by atoms with E-state index in [1.807, 2.05) is 30.1 Å². The summed E-state index contributed by atoms with van der Waals surface area (Å²) < 4.78 is 5.52. The second kappa shape index (κ2) is 7.10. The van der Waals surface area contributed by atoms with Crippen LogP contribution >= 0.6 is 11.6 Å². The van der Waals surface area contributed by atoms with Crippen molar-refractivity contribution in [2.75, 3.05) is 26.7 Å². The van der Waals surface area contributed by atoms with Crippen molar-refractivity contribution in [2.45, 2.75) is 6.42 Å². The number of hydrogen-bond donors (Lipinski definition) is 0. The van der Waals surface area contributed by atoms with Crippen LogP contribution in [0.4, 0.5) is 0 Å². The van der Waals surface area contributed by atoms with Crippen molar-refractivity contribution in [1.82, 2.24) is 4.90 Å². The van der Waals surface area contributed by atoms with Crippen LogP contribution in [0, 0.1) is 11.3 Å². The molecule has 3 nitrogen and oxygen atoms in total. The molecule has 0 unspecified atom stereocenters. The van der Waals surface area contributed by atoms with Crippen LogP contribution in [0.5, 0.6) is 5.75 Å². The Morgan fingerprint density at radius 2 is 2.31 bits per heavy atom. The average molecular weight is 239 g/mol. The van der Waals surface area contributed by atoms with Crippen LogP contribution in [-0.2, 0) is 0 Å². The van der Waals surface area contributed by atoms with E-state index in [1.165, 1.54) is 0 Å². The maximum absolute atomic E-state index is 8.46. The summed E-state index contributed by atoms with van der Waals surface area (Å²) in [7, 11) is 1.92. The zero-order valence-corrected chi connectivity index (χ0v) is 10.1. The molecule has 0 fully saturated rings. The molecule has 86 valence electrons. The van der Waals surface area contributed by atoms with Gasteiger partial charge in [0.05, 0.1) is 19.2 Å². The highest BCUT2D eigenvalue weighted by Crippen LogP contribution is 2.17. The van der Waals surface area contributed by atoms with Crippen molar-refractivity contribution >= 4 is 11.6 Å². The summed E-state index contributed by atoms with van der Waals surface area (Å²) in [5.74, 6) is 0.787. The minimum absolute atomic E-state index is 0.456. The van der Waals surface area contributed by atoms with E-state index in [0.717, 1.165) is 18.7 Å². The molecule has 1 aromatic rings. The van der Waals surface area contributed by atoms with E-state index in [2.05, 4.69) is 6.07 Å². The molecule has 0 saturated heterocycles. The lowest BCUT2D eigenvalue weighted by Crippen LogP contribution is -2.21. The zero-order valence-electron chi connectivity index (χ0n) is 9.32. The third kappa shape index (κ3) is 5.01. The predicted molar refractivity (Wildman–Crippen MR) is 64.7 cm³/mol. The smallest absolute Gasteiger partial charge is 0.120 e. The van der Waals surface area contributed by atoms with Crippen LogP contribution in [0.25, 0.3) is 0 Å². The molecule has 0 N–H and O–H groups in total. The monoisotopic (exact) mass is 238 g/mol. The van der Waals surface area contributed by atoms with Crippen molar-refractivity contribution in [3.63, 3.8) is 0 Å². The van der Waals surface area contributed by atoms with E-state index < -0.39 is 0 Å². The summed E-state index contributed by atoms with van der Waals surface area (Å²) >= 11 is 5.83. The van der Waals surface area contributed by atoms with Crippen molar-refractivity contribution in [3.8, 4) is 11.8 Å². The van der Waals surface area contributed by atoms with Gasteiger partial charge in [-0.25, -0.2) is 0 Å². The minimum Gasteiger partial charge on any atom is -0.493 e. The summed E-state index contributed by atoms with van der Waals surface area (Å²) in [6.07, 6.45) is 0.894. The van der Waals surface area contributed by atoms with E-state index in [0.29, 0.717) is 18.2 Å². The highest BCUT2D eigenvalue weighted by Gasteiger charge is 1.98. The van der Waals surface area contributed by atoms with Gasteiger partial charge in [0.15, 0.2) is 0 Å². The fourth-order valence-electron chi connectivity index (χ4n) is 1.28. The quantitative estimate of drug-likeness (QED) is 0.565. The normalized spacial score (nSPS) is 10.1. The minimum atomic E-state index is 0.456. The van der Waals surface area contributed by atoms with Crippen molar-refractivity contribution in [2.24, 2.45) is 0 Å². The lowest BCUT2D eigenvalue weighted by atomic mass is 10.3. The molecule has 0 aliphatic rings. The van der Waals surface area contributed by atoms with Crippen LogP contribution < -0.4 is 4.74 Å². The second-order valence-electron chi connectivity index (χ2n) is 3.56. The first-order valence-electron chi connectivity index (χ1n) is 5.16. The summed E-state index contributed by atoms with van der Waals surface area (Å²) in [6.45, 7) is 1.95. The molecule has 0 atom stereocenters. The fourth-order valence-corrected chi connectivity index (χ4v) is 1.46. The van der Waals surface area contributed by atoms with Crippen LogP contribution in [0.15, 0.2) is 24.3 Å². The number of halogens is 1. The molecule has 0 aliphatic carbocycles. The molecule has 0 heterocycles. The third-order valence-electron chi connectivity index (χ3n) is 2.09. The third-order valence-corrected chi connectivity index (χ3v) is 2.32. The first-order valence-corrected chi connectivity index (χ1v) is 5.54. The Kier molecular flexibility index (Phi) is 5.69. The Morgan fingerprint density at radius 3 is 3.00 bits per heavy atom. The molecule has 0 spiro atoms. The van der Waals surface area contributed by atoms with Gasteiger partial charge in [-0.1, -0.05) is 17.7 Å². The van der Waals surface area contributed by atoms with Gasteiger partial charge in [-0.05, 0) is 31.7 Å². The Labute approximate surface area is 101 Å². The molecule has 0 radical (unpaired) electrons. The summed E-state index contributed by atoms with van der Waals surface area (Å²) in [5.41, 5.74) is 0. The lowest BCUT2D eigenvalue weighted by Gasteiger charge is -2.12. The van der Waals surface area contributed by atoms with Gasteiger partial charge in [0.1, 0.15) is 5.75 Å². The zero-order chi connectivity index (χ0) is 11.8. The molecule has 4 heteroatoms. The maximum Gasteiger partial charge on any atom is 0.120 e. The number of hydrogen-bond acceptors (Lipinski definition) is 3. The summed E-state index contributed by atoms with van der Waals surface area (Å²) in [4.78, 5) is 1.96. The number of rotatable bonds is 6. The van der Waals surface area contributed by atoms with Gasteiger partial charge >= 0.3 is 0 Å². The fraction of sp³-hybridized carbons (Fsp3) is 0.417. The second-order valence-corrected chi connectivity index (χ2v) is 3.99. The summed E-state index contributed by atoms with van der Waals surface area (Å²) in [5, 5.41) is 9.14. The Morgan fingerprint density at radius 1 is 1.50 bits per heavy atom. The van der Waals surface area contributed by atoms with Crippen LogP contribution in [0.3, 0.4) is 0 Å². The number of nitriles is 1. The van der Waals surface area contributed by atoms with Crippen LogP contribution in [0.2, 0.25) is 5.02 Å². The van der Waals surface area contributed by atoms with Gasteiger partial charge in [0.25, 0.3) is 0 Å². The number of benzene rings is 1. The van der Waals surface area contributed by atoms with E-state index in [9.17, 15) is 0 Å². The van der Waals surface area contributed by atoms with Crippen LogP contribution in [-0.4, -0.2) is 31.6 Å². The van der Waals surface area contributed by atoms with E-state index in [4.69, 9.17) is 21.6 Å². The van der Waals surface area contributed by atoms with Crippen LogP contribution in [0.1, 0.15) is 6.42 Å². The van der Waals surface area contributed by atoms with E-state index >= 15 is 0 Å². The van der Waals surface area contributed by atoms with Gasteiger partial charge in [-0.3, -0.25) is 4.90 Å². The van der Waals surface area contributed by atoms with Crippen molar-refractivity contribution in [1.29, 1.82) is 5.26 Å². The highest BCUT2D eigenvalue weighted by atomic mass is 35.5. The molecular weight excluding hydrogens is 224 g/mol. The summed E-state index contributed by atoms with van der Waals surface area (Å²) in [6, 6.07) is 9.45. The van der Waals surface area contributed by atoms with Crippen molar-refractivity contribution < 1.29 is 4.74 Å². The van der Waals surface area contributed by atoms with E-state index in [1.54, 1.807) is 6.07 Å². The maximum atomic E-state index is 8.46. The molecule has 0 saturated carbocycles. The van der Waals surface area contributed by atoms with Gasteiger partial charge < -0.3 is 4.74 Å². The molecule has 1 aromatic carbocycles. The topological polar surface area (TPSA) is 36.3 Å². The van der Waals surface area contributed by atoms with Gasteiger partial charge in [0.2, 0.25) is 0 Å². The lowest BCUT2D eigenvalue weighted by molar-refractivity contribution is 0.274. The van der Waals surface area contributed by atoms with Gasteiger partial charge in [-0.2, -0.15) is 5.26 Å². The Hall–Kier alpha value is -1.24. The molecule has 1 rings (SSSR count). The van der Waals surface area contributed by atoms with Gasteiger partial charge in [-0.15, -0.1) is 0 Å². The number of ether oxygens (including phenoxy) is 1. The SMILES string of the molecule is CN(CC#N)CCCOc1cccc(Cl)c1. The largest absolute Gasteiger partial charge is 0.493 e.